The van der Waals surface area contributed by atoms with Crippen LogP contribution in [0.3, 0.4) is 0 Å². The molecule has 3 nitrogen and oxygen atoms in total. The van der Waals surface area contributed by atoms with Gasteiger partial charge in [0.25, 0.3) is 0 Å². The van der Waals surface area contributed by atoms with Crippen molar-refractivity contribution in [2.75, 3.05) is 6.54 Å². The van der Waals surface area contributed by atoms with E-state index in [4.69, 9.17) is 0 Å². The lowest BCUT2D eigenvalue weighted by Gasteiger charge is -2.35. The van der Waals surface area contributed by atoms with Gasteiger partial charge in [0.2, 0.25) is 5.91 Å². The Morgan fingerprint density at radius 3 is 2.00 bits per heavy atom. The fourth-order valence-corrected chi connectivity index (χ4v) is 3.27. The molecular formula is C20H21NO2. The predicted molar refractivity (Wildman–Crippen MR) is 90.1 cm³/mol. The van der Waals surface area contributed by atoms with E-state index in [0.717, 1.165) is 11.1 Å². The Kier molecular flexibility index (Phi) is 4.56. The molecule has 0 aromatic heterocycles. The minimum atomic E-state index is -0.312. The van der Waals surface area contributed by atoms with Crippen molar-refractivity contribution in [3.05, 3.63) is 71.8 Å². The van der Waals surface area contributed by atoms with Crippen LogP contribution in [0.15, 0.2) is 60.7 Å². The zero-order valence-electron chi connectivity index (χ0n) is 13.3. The molecule has 23 heavy (non-hydrogen) atoms. The summed E-state index contributed by atoms with van der Waals surface area (Å²) in [6.45, 7) is 2.48. The molecule has 0 N–H and O–H groups in total. The van der Waals surface area contributed by atoms with Crippen LogP contribution >= 0.6 is 0 Å². The van der Waals surface area contributed by atoms with Gasteiger partial charge in [-0.1, -0.05) is 60.7 Å². The topological polar surface area (TPSA) is 37.4 Å². The number of carbonyl (C=O) groups is 2. The molecule has 1 amide bonds. The van der Waals surface area contributed by atoms with Crippen LogP contribution < -0.4 is 0 Å². The van der Waals surface area contributed by atoms with Gasteiger partial charge in [-0.05, 0) is 18.1 Å². The third-order valence-corrected chi connectivity index (χ3v) is 4.48. The predicted octanol–water partition coefficient (Wildman–Crippen LogP) is 3.40. The van der Waals surface area contributed by atoms with Gasteiger partial charge in [-0.3, -0.25) is 9.59 Å². The molecule has 0 unspecified atom stereocenters. The first-order chi connectivity index (χ1) is 11.2. The van der Waals surface area contributed by atoms with Crippen molar-refractivity contribution < 1.29 is 9.59 Å². The largest absolute Gasteiger partial charge is 0.338 e. The highest BCUT2D eigenvalue weighted by atomic mass is 16.2. The number of rotatable bonds is 3. The molecule has 0 saturated carbocycles. The van der Waals surface area contributed by atoms with E-state index in [1.807, 2.05) is 72.5 Å². The van der Waals surface area contributed by atoms with Crippen molar-refractivity contribution in [3.8, 4) is 0 Å². The number of carbonyl (C=O) groups excluding carboxylic acids is 2. The molecule has 0 radical (unpaired) electrons. The van der Waals surface area contributed by atoms with Gasteiger partial charge < -0.3 is 4.90 Å². The average molecular weight is 307 g/mol. The van der Waals surface area contributed by atoms with Crippen LogP contribution in [0.1, 0.15) is 36.8 Å². The van der Waals surface area contributed by atoms with Gasteiger partial charge in [-0.25, -0.2) is 0 Å². The molecule has 1 atom stereocenters. The summed E-state index contributed by atoms with van der Waals surface area (Å²) in [6.07, 6.45) is 0.925. The first-order valence-electron chi connectivity index (χ1n) is 8.09. The Balaban J connectivity index is 1.95. The van der Waals surface area contributed by atoms with Gasteiger partial charge in [0.15, 0.2) is 0 Å². The molecule has 1 aliphatic rings. The number of piperidine rings is 1. The average Bonchev–Trinajstić information content (AvgIpc) is 2.57. The number of hydrogen-bond donors (Lipinski definition) is 0. The summed E-state index contributed by atoms with van der Waals surface area (Å²) in [4.78, 5) is 26.7. The first kappa shape index (κ1) is 15.5. The molecule has 118 valence electrons. The van der Waals surface area contributed by atoms with Gasteiger partial charge >= 0.3 is 0 Å². The normalized spacial score (nSPS) is 18.3. The molecule has 1 saturated heterocycles. The molecule has 3 rings (SSSR count). The second-order valence-corrected chi connectivity index (χ2v) is 6.13. The summed E-state index contributed by atoms with van der Waals surface area (Å²) < 4.78 is 0. The van der Waals surface area contributed by atoms with E-state index in [9.17, 15) is 9.59 Å². The van der Waals surface area contributed by atoms with Gasteiger partial charge in [-0.2, -0.15) is 0 Å². The molecule has 0 bridgehead atoms. The number of Topliss-reactive ketones (excluding diaryl/α,β-unsaturated/α-hetero) is 1. The van der Waals surface area contributed by atoms with E-state index in [1.54, 1.807) is 0 Å². The molecule has 2 aromatic carbocycles. The van der Waals surface area contributed by atoms with E-state index in [2.05, 4.69) is 0 Å². The molecule has 3 heteroatoms. The van der Waals surface area contributed by atoms with Crippen molar-refractivity contribution in [2.24, 2.45) is 0 Å². The van der Waals surface area contributed by atoms with E-state index < -0.39 is 0 Å². The van der Waals surface area contributed by atoms with Crippen LogP contribution in [-0.2, 0) is 9.59 Å². The van der Waals surface area contributed by atoms with E-state index >= 15 is 0 Å². The van der Waals surface area contributed by atoms with E-state index in [0.29, 0.717) is 19.4 Å². The van der Waals surface area contributed by atoms with Crippen LogP contribution in [0.5, 0.6) is 0 Å². The standard InChI is InChI=1S/C20H21NO2/c1-15-14-18(22)12-13-21(15)20(23)19(16-8-4-2-5-9-16)17-10-6-3-7-11-17/h2-11,15,19H,12-14H2,1H3/t15-/m0/s1. The fraction of sp³-hybridized carbons (Fsp3) is 0.300. The number of likely N-dealkylation sites (tertiary alicyclic amines) is 1. The second-order valence-electron chi connectivity index (χ2n) is 6.13. The summed E-state index contributed by atoms with van der Waals surface area (Å²) >= 11 is 0. The summed E-state index contributed by atoms with van der Waals surface area (Å²) in [5.41, 5.74) is 1.99. The maximum atomic E-state index is 13.2. The number of nitrogens with zero attached hydrogens (tertiary/aromatic N) is 1. The lowest BCUT2D eigenvalue weighted by atomic mass is 9.88. The molecule has 0 aliphatic carbocycles. The smallest absolute Gasteiger partial charge is 0.234 e. The fourth-order valence-electron chi connectivity index (χ4n) is 3.27. The molecule has 2 aromatic rings. The highest BCUT2D eigenvalue weighted by molar-refractivity contribution is 5.90. The molecule has 0 spiro atoms. The van der Waals surface area contributed by atoms with Crippen molar-refractivity contribution in [3.63, 3.8) is 0 Å². The summed E-state index contributed by atoms with van der Waals surface area (Å²) in [5, 5.41) is 0. The third-order valence-electron chi connectivity index (χ3n) is 4.48. The second kappa shape index (κ2) is 6.78. The maximum absolute atomic E-state index is 13.2. The number of benzene rings is 2. The quantitative estimate of drug-likeness (QED) is 0.871. The first-order valence-corrected chi connectivity index (χ1v) is 8.09. The van der Waals surface area contributed by atoms with Crippen LogP contribution in [0.2, 0.25) is 0 Å². The van der Waals surface area contributed by atoms with Crippen molar-refractivity contribution in [1.82, 2.24) is 4.90 Å². The Hall–Kier alpha value is -2.42. The van der Waals surface area contributed by atoms with Crippen LogP contribution in [0.4, 0.5) is 0 Å². The summed E-state index contributed by atoms with van der Waals surface area (Å²) in [6, 6.07) is 19.7. The highest BCUT2D eigenvalue weighted by Crippen LogP contribution is 2.29. The minimum Gasteiger partial charge on any atom is -0.338 e. The number of amides is 1. The lowest BCUT2D eigenvalue weighted by molar-refractivity contribution is -0.138. The summed E-state index contributed by atoms with van der Waals surface area (Å²) in [7, 11) is 0. The Morgan fingerprint density at radius 2 is 1.52 bits per heavy atom. The van der Waals surface area contributed by atoms with E-state index in [1.165, 1.54) is 0 Å². The lowest BCUT2D eigenvalue weighted by Crippen LogP contribution is -2.47. The van der Waals surface area contributed by atoms with Crippen LogP contribution in [-0.4, -0.2) is 29.2 Å². The summed E-state index contributed by atoms with van der Waals surface area (Å²) in [5.74, 6) is 0.0213. The Labute approximate surface area is 136 Å². The molecule has 1 fully saturated rings. The Bertz CT molecular complexity index is 642. The zero-order valence-corrected chi connectivity index (χ0v) is 13.3. The van der Waals surface area contributed by atoms with Gasteiger partial charge in [0.05, 0.1) is 5.92 Å². The van der Waals surface area contributed by atoms with Crippen LogP contribution in [0.25, 0.3) is 0 Å². The molecule has 1 heterocycles. The number of hydrogen-bond acceptors (Lipinski definition) is 2. The minimum absolute atomic E-state index is 0.0290. The maximum Gasteiger partial charge on any atom is 0.234 e. The third kappa shape index (κ3) is 3.34. The van der Waals surface area contributed by atoms with Gasteiger partial charge in [-0.15, -0.1) is 0 Å². The zero-order chi connectivity index (χ0) is 16.2. The van der Waals surface area contributed by atoms with Gasteiger partial charge in [0.1, 0.15) is 5.78 Å². The monoisotopic (exact) mass is 307 g/mol. The van der Waals surface area contributed by atoms with E-state index in [-0.39, 0.29) is 23.7 Å². The molecule has 1 aliphatic heterocycles. The van der Waals surface area contributed by atoms with Crippen LogP contribution in [0, 0.1) is 0 Å². The SMILES string of the molecule is C[C@H]1CC(=O)CCN1C(=O)C(c1ccccc1)c1ccccc1. The number of ketones is 1. The molecular weight excluding hydrogens is 286 g/mol. The Morgan fingerprint density at radius 1 is 1.00 bits per heavy atom. The van der Waals surface area contributed by atoms with Crippen molar-refractivity contribution >= 4 is 11.7 Å². The van der Waals surface area contributed by atoms with Gasteiger partial charge in [0, 0.05) is 25.4 Å². The van der Waals surface area contributed by atoms with Crippen molar-refractivity contribution in [2.45, 2.75) is 31.7 Å². The van der Waals surface area contributed by atoms with Crippen molar-refractivity contribution in [1.29, 1.82) is 0 Å². The highest BCUT2D eigenvalue weighted by Gasteiger charge is 2.33.